The van der Waals surface area contributed by atoms with E-state index in [-0.39, 0.29) is 16.1 Å². The van der Waals surface area contributed by atoms with Gasteiger partial charge in [0.25, 0.3) is 5.91 Å². The zero-order valence-corrected chi connectivity index (χ0v) is 13.6. The van der Waals surface area contributed by atoms with Crippen LogP contribution in [-0.4, -0.2) is 45.5 Å². The third kappa shape index (κ3) is 3.42. The molecule has 1 amide bonds. The number of rotatable bonds is 3. The maximum atomic E-state index is 13.6. The Hall–Kier alpha value is -1.03. The molecule has 1 aliphatic heterocycles. The maximum absolute atomic E-state index is 13.6. The molecule has 1 aromatic rings. The molecule has 0 aromatic heterocycles. The first-order valence-corrected chi connectivity index (χ1v) is 8.42. The van der Waals surface area contributed by atoms with E-state index in [2.05, 4.69) is 15.9 Å². The number of primary sulfonamides is 1. The van der Waals surface area contributed by atoms with E-state index in [9.17, 15) is 17.6 Å². The first-order chi connectivity index (χ1) is 9.71. The summed E-state index contributed by atoms with van der Waals surface area (Å²) in [6.07, 6.45) is 0.678. The van der Waals surface area contributed by atoms with Gasteiger partial charge in [-0.1, -0.05) is 0 Å². The lowest BCUT2D eigenvalue weighted by Crippen LogP contribution is -2.37. The van der Waals surface area contributed by atoms with Crippen molar-refractivity contribution in [2.24, 2.45) is 5.14 Å². The lowest BCUT2D eigenvalue weighted by atomic mass is 10.1. The van der Waals surface area contributed by atoms with Crippen molar-refractivity contribution in [2.45, 2.75) is 17.4 Å². The van der Waals surface area contributed by atoms with Crippen LogP contribution in [0.15, 0.2) is 21.5 Å². The number of likely N-dealkylation sites (N-methyl/N-ethyl adjacent to an activating group) is 1. The van der Waals surface area contributed by atoms with Crippen LogP contribution < -0.4 is 5.14 Å². The van der Waals surface area contributed by atoms with E-state index in [0.717, 1.165) is 12.1 Å². The molecule has 0 aliphatic carbocycles. The van der Waals surface area contributed by atoms with E-state index in [0.29, 0.717) is 19.6 Å². The molecule has 1 aliphatic rings. The van der Waals surface area contributed by atoms with Gasteiger partial charge in [-0.3, -0.25) is 4.79 Å². The van der Waals surface area contributed by atoms with E-state index < -0.39 is 26.6 Å². The van der Waals surface area contributed by atoms with E-state index in [1.54, 1.807) is 7.05 Å². The molecule has 0 bridgehead atoms. The summed E-state index contributed by atoms with van der Waals surface area (Å²) >= 11 is 3.02. The van der Waals surface area contributed by atoms with Crippen LogP contribution in [0.1, 0.15) is 16.8 Å². The van der Waals surface area contributed by atoms with Crippen molar-refractivity contribution in [3.8, 4) is 0 Å². The molecule has 0 saturated carbocycles. The Morgan fingerprint density at radius 1 is 1.52 bits per heavy atom. The van der Waals surface area contributed by atoms with Crippen molar-refractivity contribution in [2.75, 3.05) is 20.3 Å². The predicted molar refractivity (Wildman–Crippen MR) is 76.8 cm³/mol. The Bertz CT molecular complexity index is 674. The van der Waals surface area contributed by atoms with Crippen LogP contribution in [0.3, 0.4) is 0 Å². The minimum Gasteiger partial charge on any atom is -0.379 e. The number of carbonyl (C=O) groups is 1. The van der Waals surface area contributed by atoms with Crippen LogP contribution in [0.25, 0.3) is 0 Å². The number of carbonyl (C=O) groups excluding carboxylic acids is 1. The molecule has 1 saturated heterocycles. The van der Waals surface area contributed by atoms with Crippen molar-refractivity contribution in [3.63, 3.8) is 0 Å². The molecule has 9 heteroatoms. The molecule has 2 rings (SSSR count). The lowest BCUT2D eigenvalue weighted by Gasteiger charge is -2.24. The minimum absolute atomic E-state index is 0.0397. The van der Waals surface area contributed by atoms with Crippen LogP contribution in [0.4, 0.5) is 4.39 Å². The van der Waals surface area contributed by atoms with Crippen molar-refractivity contribution >= 4 is 31.9 Å². The highest BCUT2D eigenvalue weighted by Crippen LogP contribution is 2.28. The molecule has 0 radical (unpaired) electrons. The van der Waals surface area contributed by atoms with Crippen molar-refractivity contribution in [1.82, 2.24) is 4.90 Å². The molecule has 1 aromatic carbocycles. The summed E-state index contributed by atoms with van der Waals surface area (Å²) in [6, 6.07) is 1.63. The fourth-order valence-electron chi connectivity index (χ4n) is 2.11. The van der Waals surface area contributed by atoms with Crippen LogP contribution >= 0.6 is 15.9 Å². The van der Waals surface area contributed by atoms with Crippen molar-refractivity contribution in [1.29, 1.82) is 0 Å². The quantitative estimate of drug-likeness (QED) is 0.849. The topological polar surface area (TPSA) is 89.7 Å². The number of sulfonamides is 1. The van der Waals surface area contributed by atoms with Gasteiger partial charge in [0.15, 0.2) is 0 Å². The highest BCUT2D eigenvalue weighted by molar-refractivity contribution is 9.10. The number of nitrogens with two attached hydrogens (primary N) is 1. The number of ether oxygens (including phenoxy) is 1. The molecule has 1 heterocycles. The average molecular weight is 381 g/mol. The summed E-state index contributed by atoms with van der Waals surface area (Å²) in [5, 5.41) is 5.02. The van der Waals surface area contributed by atoms with Gasteiger partial charge in [0.05, 0.1) is 27.6 Å². The number of nitrogens with zero attached hydrogens (tertiary/aromatic N) is 1. The van der Waals surface area contributed by atoms with Gasteiger partial charge in [0.2, 0.25) is 10.0 Å². The third-order valence-corrected chi connectivity index (χ3v) is 5.37. The van der Waals surface area contributed by atoms with Gasteiger partial charge in [0, 0.05) is 13.7 Å². The first kappa shape index (κ1) is 16.3. The summed E-state index contributed by atoms with van der Waals surface area (Å²) in [4.78, 5) is 13.4. The number of benzene rings is 1. The Morgan fingerprint density at radius 2 is 2.19 bits per heavy atom. The van der Waals surface area contributed by atoms with Gasteiger partial charge in [-0.05, 0) is 34.5 Å². The van der Waals surface area contributed by atoms with E-state index in [4.69, 9.17) is 9.88 Å². The fourth-order valence-corrected chi connectivity index (χ4v) is 3.82. The fraction of sp³-hybridized carbons (Fsp3) is 0.417. The molecule has 1 unspecified atom stereocenters. The number of hydrogen-bond donors (Lipinski definition) is 1. The number of amides is 1. The Kier molecular flexibility index (Phi) is 4.66. The minimum atomic E-state index is -4.14. The normalized spacial score (nSPS) is 18.8. The molecule has 0 spiro atoms. The summed E-state index contributed by atoms with van der Waals surface area (Å²) < 4.78 is 41.6. The van der Waals surface area contributed by atoms with Crippen LogP contribution in [0, 0.1) is 5.82 Å². The van der Waals surface area contributed by atoms with Crippen LogP contribution in [0.5, 0.6) is 0 Å². The molecule has 1 fully saturated rings. The Labute approximate surface area is 130 Å². The van der Waals surface area contributed by atoms with Crippen LogP contribution in [0.2, 0.25) is 0 Å². The Balaban J connectivity index is 2.44. The van der Waals surface area contributed by atoms with Crippen molar-refractivity contribution in [3.05, 3.63) is 28.0 Å². The highest BCUT2D eigenvalue weighted by atomic mass is 79.9. The van der Waals surface area contributed by atoms with Gasteiger partial charge in [-0.25, -0.2) is 17.9 Å². The highest BCUT2D eigenvalue weighted by Gasteiger charge is 2.28. The second-order valence-electron chi connectivity index (χ2n) is 4.74. The van der Waals surface area contributed by atoms with E-state index >= 15 is 0 Å². The zero-order chi connectivity index (χ0) is 15.8. The molecule has 2 N–H and O–H groups in total. The second kappa shape index (κ2) is 5.99. The first-order valence-electron chi connectivity index (χ1n) is 6.08. The Morgan fingerprint density at radius 3 is 2.71 bits per heavy atom. The molecule has 116 valence electrons. The maximum Gasteiger partial charge on any atom is 0.255 e. The largest absolute Gasteiger partial charge is 0.379 e. The monoisotopic (exact) mass is 380 g/mol. The molecular formula is C12H14BrFN2O4S. The average Bonchev–Trinajstić information content (AvgIpc) is 2.92. The van der Waals surface area contributed by atoms with Gasteiger partial charge < -0.3 is 9.64 Å². The summed E-state index contributed by atoms with van der Waals surface area (Å²) in [7, 11) is -2.57. The van der Waals surface area contributed by atoms with Crippen molar-refractivity contribution < 1.29 is 22.3 Å². The standard InChI is InChI=1S/C12H14BrFN2O4S/c1-16(8-2-3-20-6-8)12(17)9-4-7(14)5-10(11(9)13)21(15,18)19/h4-5,8H,2-3,6H2,1H3,(H2,15,18,19). The predicted octanol–water partition coefficient (Wildman–Crippen LogP) is 1.10. The number of hydrogen-bond acceptors (Lipinski definition) is 4. The van der Waals surface area contributed by atoms with Crippen LogP contribution in [-0.2, 0) is 14.8 Å². The van der Waals surface area contributed by atoms with Gasteiger partial charge in [0.1, 0.15) is 5.82 Å². The molecule has 6 nitrogen and oxygen atoms in total. The third-order valence-electron chi connectivity index (χ3n) is 3.31. The lowest BCUT2D eigenvalue weighted by molar-refractivity contribution is 0.0709. The summed E-state index contributed by atoms with van der Waals surface area (Å²) in [6.45, 7) is 0.951. The van der Waals surface area contributed by atoms with E-state index in [1.807, 2.05) is 0 Å². The molecule has 21 heavy (non-hydrogen) atoms. The summed E-state index contributed by atoms with van der Waals surface area (Å²) in [5.74, 6) is -1.34. The summed E-state index contributed by atoms with van der Waals surface area (Å²) in [5.41, 5.74) is -0.0894. The zero-order valence-electron chi connectivity index (χ0n) is 11.2. The SMILES string of the molecule is CN(C(=O)c1cc(F)cc(S(N)(=O)=O)c1Br)C1CCOC1. The molecule has 1 atom stereocenters. The van der Waals surface area contributed by atoms with Gasteiger partial charge >= 0.3 is 0 Å². The number of halogens is 2. The van der Waals surface area contributed by atoms with E-state index in [1.165, 1.54) is 4.90 Å². The second-order valence-corrected chi connectivity index (χ2v) is 7.07. The molecular weight excluding hydrogens is 367 g/mol. The van der Waals surface area contributed by atoms with Gasteiger partial charge in [-0.2, -0.15) is 0 Å². The smallest absolute Gasteiger partial charge is 0.255 e. The van der Waals surface area contributed by atoms with Gasteiger partial charge in [-0.15, -0.1) is 0 Å².